The van der Waals surface area contributed by atoms with Gasteiger partial charge in [-0.15, -0.1) is 0 Å². The van der Waals surface area contributed by atoms with Crippen molar-refractivity contribution in [2.24, 2.45) is 4.99 Å². The lowest BCUT2D eigenvalue weighted by Gasteiger charge is -2.37. The lowest BCUT2D eigenvalue weighted by molar-refractivity contribution is -0.0318. The monoisotopic (exact) mass is 374 g/mol. The highest BCUT2D eigenvalue weighted by molar-refractivity contribution is 5.80. The summed E-state index contributed by atoms with van der Waals surface area (Å²) in [4.78, 5) is 9.65. The van der Waals surface area contributed by atoms with Crippen LogP contribution in [0.5, 0.6) is 0 Å². The van der Waals surface area contributed by atoms with Gasteiger partial charge in [-0.25, -0.2) is 0 Å². The molecule has 2 aliphatic heterocycles. The summed E-state index contributed by atoms with van der Waals surface area (Å²) in [6, 6.07) is 10.7. The molecule has 0 spiro atoms. The highest BCUT2D eigenvalue weighted by Gasteiger charge is 2.19. The Morgan fingerprint density at radius 2 is 1.89 bits per heavy atom. The second kappa shape index (κ2) is 11.1. The van der Waals surface area contributed by atoms with E-state index in [1.54, 1.807) is 0 Å². The van der Waals surface area contributed by atoms with Crippen LogP contribution >= 0.6 is 0 Å². The van der Waals surface area contributed by atoms with Crippen LogP contribution in [0.25, 0.3) is 0 Å². The normalized spacial score (nSPS) is 19.4. The van der Waals surface area contributed by atoms with Gasteiger partial charge in [-0.05, 0) is 38.3 Å². The highest BCUT2D eigenvalue weighted by Crippen LogP contribution is 2.15. The second-order valence-corrected chi connectivity index (χ2v) is 7.08. The largest absolute Gasteiger partial charge is 0.381 e. The van der Waals surface area contributed by atoms with Gasteiger partial charge in [0.1, 0.15) is 0 Å². The summed E-state index contributed by atoms with van der Waals surface area (Å²) in [7, 11) is 0. The molecule has 2 aliphatic rings. The van der Waals surface area contributed by atoms with Gasteiger partial charge in [0.15, 0.2) is 5.96 Å². The smallest absolute Gasteiger partial charge is 0.194 e. The number of guanidine groups is 1. The van der Waals surface area contributed by atoms with E-state index in [1.165, 1.54) is 5.69 Å². The van der Waals surface area contributed by atoms with Crippen LogP contribution in [-0.2, 0) is 9.47 Å². The molecule has 0 aliphatic carbocycles. The van der Waals surface area contributed by atoms with Crippen LogP contribution in [0.4, 0.5) is 5.69 Å². The number of hydrogen-bond acceptors (Lipinski definition) is 4. The van der Waals surface area contributed by atoms with Crippen molar-refractivity contribution in [3.63, 3.8) is 0 Å². The maximum atomic E-state index is 5.94. The van der Waals surface area contributed by atoms with Crippen LogP contribution in [0, 0.1) is 0 Å². The molecule has 0 radical (unpaired) electrons. The molecule has 150 valence electrons. The molecule has 0 amide bonds. The number of nitrogens with zero attached hydrogens (tertiary/aromatic N) is 3. The van der Waals surface area contributed by atoms with Crippen LogP contribution in [-0.4, -0.2) is 76.1 Å². The molecule has 0 atom stereocenters. The third-order valence-electron chi connectivity index (χ3n) is 5.12. The highest BCUT2D eigenvalue weighted by atomic mass is 16.5. The fourth-order valence-corrected chi connectivity index (χ4v) is 3.58. The minimum absolute atomic E-state index is 0.377. The Bertz CT molecular complexity index is 553. The van der Waals surface area contributed by atoms with E-state index in [0.29, 0.717) is 6.10 Å². The Kier molecular flexibility index (Phi) is 8.24. The molecule has 27 heavy (non-hydrogen) atoms. The molecule has 2 fully saturated rings. The first kappa shape index (κ1) is 20.0. The van der Waals surface area contributed by atoms with Crippen LogP contribution < -0.4 is 10.2 Å². The standard InChI is InChI=1S/C21H34N4O2/c1-2-22-21(23-11-6-16-27-20-9-17-26-18-10-20)25-14-12-24(13-15-25)19-7-4-3-5-8-19/h3-5,7-8,20H,2,6,9-18H2,1H3,(H,22,23). The first-order valence-electron chi connectivity index (χ1n) is 10.4. The Balaban J connectivity index is 1.40. The summed E-state index contributed by atoms with van der Waals surface area (Å²) >= 11 is 0. The zero-order chi connectivity index (χ0) is 18.7. The van der Waals surface area contributed by atoms with Gasteiger partial charge in [-0.2, -0.15) is 0 Å². The van der Waals surface area contributed by atoms with E-state index in [1.807, 2.05) is 0 Å². The Morgan fingerprint density at radius 3 is 2.59 bits per heavy atom. The summed E-state index contributed by atoms with van der Waals surface area (Å²) in [5, 5.41) is 3.45. The summed E-state index contributed by atoms with van der Waals surface area (Å²) in [6.07, 6.45) is 3.40. The minimum atomic E-state index is 0.377. The molecule has 0 bridgehead atoms. The summed E-state index contributed by atoms with van der Waals surface area (Å²) in [6.45, 7) is 10.4. The number of anilines is 1. The Hall–Kier alpha value is -1.79. The molecule has 0 aromatic heterocycles. The molecule has 3 rings (SSSR count). The molecule has 2 saturated heterocycles. The van der Waals surface area contributed by atoms with Crippen LogP contribution in [0.1, 0.15) is 26.2 Å². The molecule has 1 aromatic carbocycles. The molecule has 0 unspecified atom stereocenters. The summed E-state index contributed by atoms with van der Waals surface area (Å²) in [5.41, 5.74) is 1.31. The van der Waals surface area contributed by atoms with Gasteiger partial charge < -0.3 is 24.6 Å². The topological polar surface area (TPSA) is 49.3 Å². The predicted octanol–water partition coefficient (Wildman–Crippen LogP) is 2.36. The number of para-hydroxylation sites is 1. The van der Waals surface area contributed by atoms with E-state index in [4.69, 9.17) is 14.5 Å². The molecule has 1 N–H and O–H groups in total. The number of ether oxygens (including phenoxy) is 2. The van der Waals surface area contributed by atoms with Crippen molar-refractivity contribution < 1.29 is 9.47 Å². The van der Waals surface area contributed by atoms with Crippen molar-refractivity contribution in [2.75, 3.05) is 64.0 Å². The average Bonchev–Trinajstić information content (AvgIpc) is 2.74. The molecule has 0 saturated carbocycles. The van der Waals surface area contributed by atoms with Gasteiger partial charge >= 0.3 is 0 Å². The third kappa shape index (κ3) is 6.40. The van der Waals surface area contributed by atoms with E-state index in [2.05, 4.69) is 52.4 Å². The molecule has 6 heteroatoms. The van der Waals surface area contributed by atoms with Gasteiger partial charge in [-0.3, -0.25) is 4.99 Å². The number of benzene rings is 1. The Morgan fingerprint density at radius 1 is 1.15 bits per heavy atom. The van der Waals surface area contributed by atoms with Crippen molar-refractivity contribution in [1.29, 1.82) is 0 Å². The van der Waals surface area contributed by atoms with E-state index in [0.717, 1.165) is 84.3 Å². The van der Waals surface area contributed by atoms with Gasteiger partial charge in [0.2, 0.25) is 0 Å². The summed E-state index contributed by atoms with van der Waals surface area (Å²) < 4.78 is 11.3. The lowest BCUT2D eigenvalue weighted by atomic mass is 10.1. The van der Waals surface area contributed by atoms with Crippen molar-refractivity contribution in [2.45, 2.75) is 32.3 Å². The molecular formula is C21H34N4O2. The number of hydrogen-bond donors (Lipinski definition) is 1. The number of rotatable bonds is 7. The Labute approximate surface area is 163 Å². The zero-order valence-electron chi connectivity index (χ0n) is 16.6. The van der Waals surface area contributed by atoms with Crippen molar-refractivity contribution in [3.05, 3.63) is 30.3 Å². The first-order chi connectivity index (χ1) is 13.4. The average molecular weight is 375 g/mol. The number of piperazine rings is 1. The van der Waals surface area contributed by atoms with Crippen molar-refractivity contribution >= 4 is 11.6 Å². The van der Waals surface area contributed by atoms with E-state index in [-0.39, 0.29) is 0 Å². The SMILES string of the molecule is CCNC(=NCCCOC1CCOCC1)N1CCN(c2ccccc2)CC1. The first-order valence-corrected chi connectivity index (χ1v) is 10.4. The van der Waals surface area contributed by atoms with E-state index >= 15 is 0 Å². The number of aliphatic imine (C=N–C) groups is 1. The maximum Gasteiger partial charge on any atom is 0.194 e. The quantitative estimate of drug-likeness (QED) is 0.451. The summed E-state index contributed by atoms with van der Waals surface area (Å²) in [5.74, 6) is 1.04. The van der Waals surface area contributed by atoms with E-state index < -0.39 is 0 Å². The molecule has 6 nitrogen and oxygen atoms in total. The van der Waals surface area contributed by atoms with Crippen LogP contribution in [0.3, 0.4) is 0 Å². The third-order valence-corrected chi connectivity index (χ3v) is 5.12. The predicted molar refractivity (Wildman–Crippen MR) is 111 cm³/mol. The minimum Gasteiger partial charge on any atom is -0.381 e. The molecular weight excluding hydrogens is 340 g/mol. The van der Waals surface area contributed by atoms with Crippen molar-refractivity contribution in [3.8, 4) is 0 Å². The fraction of sp³-hybridized carbons (Fsp3) is 0.667. The lowest BCUT2D eigenvalue weighted by Crippen LogP contribution is -2.52. The van der Waals surface area contributed by atoms with Gasteiger partial charge in [-0.1, -0.05) is 18.2 Å². The zero-order valence-corrected chi connectivity index (χ0v) is 16.6. The fourth-order valence-electron chi connectivity index (χ4n) is 3.58. The van der Waals surface area contributed by atoms with E-state index in [9.17, 15) is 0 Å². The number of nitrogens with one attached hydrogen (secondary N) is 1. The van der Waals surface area contributed by atoms with Crippen LogP contribution in [0.2, 0.25) is 0 Å². The van der Waals surface area contributed by atoms with Crippen molar-refractivity contribution in [1.82, 2.24) is 10.2 Å². The van der Waals surface area contributed by atoms with Gasteiger partial charge in [0, 0.05) is 64.8 Å². The van der Waals surface area contributed by atoms with Gasteiger partial charge in [0.25, 0.3) is 0 Å². The van der Waals surface area contributed by atoms with Crippen LogP contribution in [0.15, 0.2) is 35.3 Å². The molecule has 1 aromatic rings. The van der Waals surface area contributed by atoms with Gasteiger partial charge in [0.05, 0.1) is 6.10 Å². The second-order valence-electron chi connectivity index (χ2n) is 7.08. The maximum absolute atomic E-state index is 5.94. The molecule has 2 heterocycles.